The smallest absolute Gasteiger partial charge is 0.475 e. The van der Waals surface area contributed by atoms with Gasteiger partial charge in [0.25, 0.3) is 5.91 Å². The monoisotopic (exact) mass is 484 g/mol. The largest absolute Gasteiger partial charge is 0.490 e. The van der Waals surface area contributed by atoms with Crippen LogP contribution in [-0.2, 0) is 11.3 Å². The van der Waals surface area contributed by atoms with Gasteiger partial charge in [0.05, 0.1) is 10.6 Å². The van der Waals surface area contributed by atoms with E-state index in [0.29, 0.717) is 40.3 Å². The van der Waals surface area contributed by atoms with Crippen molar-refractivity contribution < 1.29 is 27.9 Å². The SMILES string of the molecule is Cc1c(Cl)ccc(CNCCNC(=O)c2ccccc2Cl)c1Cl.O=C(O)C(F)(F)F. The summed E-state index contributed by atoms with van der Waals surface area (Å²) in [4.78, 5) is 20.9. The molecule has 3 N–H and O–H groups in total. The number of hydrogen-bond donors (Lipinski definition) is 3. The Morgan fingerprint density at radius 2 is 1.60 bits per heavy atom. The van der Waals surface area contributed by atoms with Crippen LogP contribution in [0.1, 0.15) is 21.5 Å². The van der Waals surface area contributed by atoms with Crippen molar-refractivity contribution in [2.24, 2.45) is 0 Å². The summed E-state index contributed by atoms with van der Waals surface area (Å²) in [5.41, 5.74) is 2.33. The number of aliphatic carboxylic acids is 1. The summed E-state index contributed by atoms with van der Waals surface area (Å²) in [5.74, 6) is -2.94. The van der Waals surface area contributed by atoms with Crippen LogP contribution in [0.15, 0.2) is 36.4 Å². The third-order valence-electron chi connectivity index (χ3n) is 3.66. The van der Waals surface area contributed by atoms with E-state index in [9.17, 15) is 18.0 Å². The lowest BCUT2D eigenvalue weighted by Crippen LogP contribution is -2.31. The topological polar surface area (TPSA) is 78.4 Å². The molecular formula is C19H18Cl3F3N2O3. The van der Waals surface area contributed by atoms with Crippen LogP contribution in [0, 0.1) is 6.92 Å². The van der Waals surface area contributed by atoms with Crippen molar-refractivity contribution >= 4 is 46.7 Å². The molecule has 5 nitrogen and oxygen atoms in total. The van der Waals surface area contributed by atoms with Gasteiger partial charge in [0.2, 0.25) is 0 Å². The van der Waals surface area contributed by atoms with Crippen LogP contribution in [0.25, 0.3) is 0 Å². The second-order valence-electron chi connectivity index (χ2n) is 5.86. The van der Waals surface area contributed by atoms with Crippen LogP contribution in [0.5, 0.6) is 0 Å². The number of carbonyl (C=O) groups excluding carboxylic acids is 1. The number of nitrogens with one attached hydrogen (secondary N) is 2. The molecule has 0 saturated heterocycles. The number of carboxylic acids is 1. The molecule has 0 aliphatic heterocycles. The molecule has 0 saturated carbocycles. The molecule has 0 heterocycles. The molecule has 11 heteroatoms. The van der Waals surface area contributed by atoms with Gasteiger partial charge in [-0.2, -0.15) is 13.2 Å². The normalized spacial score (nSPS) is 10.8. The summed E-state index contributed by atoms with van der Waals surface area (Å²) in [6.45, 7) is 3.61. The first kappa shape index (κ1) is 26.0. The third kappa shape index (κ3) is 8.39. The van der Waals surface area contributed by atoms with Gasteiger partial charge in [0, 0.05) is 29.7 Å². The molecule has 0 aliphatic rings. The van der Waals surface area contributed by atoms with Crippen molar-refractivity contribution in [1.29, 1.82) is 0 Å². The number of carboxylic acid groups (broad SMARTS) is 1. The Morgan fingerprint density at radius 3 is 2.17 bits per heavy atom. The summed E-state index contributed by atoms with van der Waals surface area (Å²) in [7, 11) is 0. The second kappa shape index (κ2) is 12.0. The van der Waals surface area contributed by atoms with Crippen molar-refractivity contribution in [2.75, 3.05) is 13.1 Å². The van der Waals surface area contributed by atoms with Crippen LogP contribution in [-0.4, -0.2) is 36.2 Å². The molecule has 0 aliphatic carbocycles. The predicted octanol–water partition coefficient (Wildman–Crippen LogP) is 5.11. The average Bonchev–Trinajstić information content (AvgIpc) is 2.67. The maximum Gasteiger partial charge on any atom is 0.490 e. The molecule has 2 rings (SSSR count). The van der Waals surface area contributed by atoms with Crippen molar-refractivity contribution in [1.82, 2.24) is 10.6 Å². The summed E-state index contributed by atoms with van der Waals surface area (Å²) in [5, 5.41) is 15.0. The number of halogens is 6. The predicted molar refractivity (Wildman–Crippen MR) is 110 cm³/mol. The lowest BCUT2D eigenvalue weighted by atomic mass is 10.1. The number of amides is 1. The molecule has 0 fully saturated rings. The molecule has 1 amide bonds. The van der Waals surface area contributed by atoms with Crippen LogP contribution < -0.4 is 10.6 Å². The van der Waals surface area contributed by atoms with Gasteiger partial charge in [-0.25, -0.2) is 4.79 Å². The first-order chi connectivity index (χ1) is 13.9. The number of rotatable bonds is 6. The number of alkyl halides is 3. The Hall–Kier alpha value is -2.00. The number of carbonyl (C=O) groups is 2. The fourth-order valence-corrected chi connectivity index (χ4v) is 2.74. The standard InChI is InChI=1S/C17H17Cl3N2O.C2HF3O2/c1-11-14(18)7-6-12(16(11)20)10-21-8-9-22-17(23)13-4-2-3-5-15(13)19;3-2(4,5)1(6)7/h2-7,21H,8-10H2,1H3,(H,22,23);(H,6,7). The molecule has 0 atom stereocenters. The quantitative estimate of drug-likeness (QED) is 0.497. The molecule has 0 radical (unpaired) electrons. The maximum atomic E-state index is 12.0. The van der Waals surface area contributed by atoms with E-state index in [4.69, 9.17) is 44.7 Å². The summed E-state index contributed by atoms with van der Waals surface area (Å²) >= 11 is 18.2. The molecule has 30 heavy (non-hydrogen) atoms. The summed E-state index contributed by atoms with van der Waals surface area (Å²) in [6.07, 6.45) is -5.08. The summed E-state index contributed by atoms with van der Waals surface area (Å²) < 4.78 is 31.7. The molecule has 2 aromatic rings. The highest BCUT2D eigenvalue weighted by molar-refractivity contribution is 6.36. The molecule has 0 unspecified atom stereocenters. The van der Waals surface area contributed by atoms with E-state index in [1.165, 1.54) is 0 Å². The van der Waals surface area contributed by atoms with Crippen LogP contribution in [0.2, 0.25) is 15.1 Å². The molecule has 0 aromatic heterocycles. The first-order valence-corrected chi connectivity index (χ1v) is 9.55. The van der Waals surface area contributed by atoms with E-state index in [0.717, 1.165) is 11.1 Å². The van der Waals surface area contributed by atoms with Gasteiger partial charge in [-0.1, -0.05) is 53.0 Å². The minimum atomic E-state index is -5.08. The Labute approximate surface area is 186 Å². The van der Waals surface area contributed by atoms with E-state index >= 15 is 0 Å². The average molecular weight is 486 g/mol. The van der Waals surface area contributed by atoms with Gasteiger partial charge in [0.15, 0.2) is 0 Å². The Kier molecular flexibility index (Phi) is 10.4. The second-order valence-corrected chi connectivity index (χ2v) is 7.05. The van der Waals surface area contributed by atoms with Gasteiger partial charge in [-0.05, 0) is 36.2 Å². The summed E-state index contributed by atoms with van der Waals surface area (Å²) in [6, 6.07) is 10.7. The molecule has 2 aromatic carbocycles. The third-order valence-corrected chi connectivity index (χ3v) is 4.93. The zero-order valence-corrected chi connectivity index (χ0v) is 17.9. The molecule has 0 bridgehead atoms. The molecular weight excluding hydrogens is 468 g/mol. The van der Waals surface area contributed by atoms with Crippen LogP contribution >= 0.6 is 34.8 Å². The Bertz CT molecular complexity index is 893. The van der Waals surface area contributed by atoms with Crippen LogP contribution in [0.3, 0.4) is 0 Å². The van der Waals surface area contributed by atoms with Crippen molar-refractivity contribution in [3.63, 3.8) is 0 Å². The van der Waals surface area contributed by atoms with E-state index in [-0.39, 0.29) is 5.91 Å². The van der Waals surface area contributed by atoms with Gasteiger partial charge >= 0.3 is 12.1 Å². The lowest BCUT2D eigenvalue weighted by Gasteiger charge is -2.10. The highest BCUT2D eigenvalue weighted by atomic mass is 35.5. The molecule has 164 valence electrons. The van der Waals surface area contributed by atoms with Crippen molar-refractivity contribution in [3.8, 4) is 0 Å². The number of hydrogen-bond acceptors (Lipinski definition) is 3. The number of benzene rings is 2. The highest BCUT2D eigenvalue weighted by Crippen LogP contribution is 2.27. The first-order valence-electron chi connectivity index (χ1n) is 8.42. The van der Waals surface area contributed by atoms with Gasteiger partial charge in [0.1, 0.15) is 0 Å². The van der Waals surface area contributed by atoms with E-state index in [1.807, 2.05) is 19.1 Å². The minimum absolute atomic E-state index is 0.183. The minimum Gasteiger partial charge on any atom is -0.475 e. The zero-order chi connectivity index (χ0) is 22.9. The Balaban J connectivity index is 0.000000553. The van der Waals surface area contributed by atoms with Crippen molar-refractivity contribution in [3.05, 3.63) is 68.2 Å². The van der Waals surface area contributed by atoms with Crippen LogP contribution in [0.4, 0.5) is 13.2 Å². The van der Waals surface area contributed by atoms with Gasteiger partial charge in [-0.15, -0.1) is 0 Å². The lowest BCUT2D eigenvalue weighted by molar-refractivity contribution is -0.192. The van der Waals surface area contributed by atoms with E-state index < -0.39 is 12.1 Å². The maximum absolute atomic E-state index is 12.0. The molecule has 0 spiro atoms. The fourth-order valence-electron chi connectivity index (χ4n) is 2.08. The van der Waals surface area contributed by atoms with Crippen molar-refractivity contribution in [2.45, 2.75) is 19.6 Å². The van der Waals surface area contributed by atoms with Gasteiger partial charge < -0.3 is 15.7 Å². The highest BCUT2D eigenvalue weighted by Gasteiger charge is 2.38. The Morgan fingerprint density at radius 1 is 1.00 bits per heavy atom. The van der Waals surface area contributed by atoms with E-state index in [1.54, 1.807) is 24.3 Å². The zero-order valence-electron chi connectivity index (χ0n) is 15.6. The van der Waals surface area contributed by atoms with E-state index in [2.05, 4.69) is 10.6 Å². The fraction of sp³-hybridized carbons (Fsp3) is 0.263. The van der Waals surface area contributed by atoms with Gasteiger partial charge in [-0.3, -0.25) is 4.79 Å².